The number of hydrogen-bond acceptors (Lipinski definition) is 5. The lowest BCUT2D eigenvalue weighted by molar-refractivity contribution is -0.144. The van der Waals surface area contributed by atoms with Crippen LogP contribution in [0.4, 0.5) is 0 Å². The van der Waals surface area contributed by atoms with Gasteiger partial charge < -0.3 is 14.6 Å². The van der Waals surface area contributed by atoms with E-state index >= 15 is 0 Å². The highest BCUT2D eigenvalue weighted by atomic mass is 16.5. The average molecular weight is 294 g/mol. The molecule has 0 radical (unpaired) electrons. The van der Waals surface area contributed by atoms with Crippen LogP contribution in [0.3, 0.4) is 0 Å². The highest BCUT2D eigenvalue weighted by Crippen LogP contribution is 2.30. The van der Waals surface area contributed by atoms with E-state index in [1.807, 2.05) is 11.8 Å². The number of methoxy groups -OCH3 is 1. The molecule has 0 aromatic carbocycles. The fraction of sp³-hybridized carbons (Fsp3) is 0.600. The summed E-state index contributed by atoms with van der Waals surface area (Å²) >= 11 is 0. The zero-order valence-electron chi connectivity index (χ0n) is 12.5. The lowest BCUT2D eigenvalue weighted by Gasteiger charge is -2.35. The number of pyridine rings is 1. The van der Waals surface area contributed by atoms with E-state index in [0.29, 0.717) is 31.1 Å². The highest BCUT2D eigenvalue weighted by molar-refractivity contribution is 5.76. The van der Waals surface area contributed by atoms with Crippen LogP contribution in [-0.2, 0) is 9.53 Å². The van der Waals surface area contributed by atoms with Crippen LogP contribution in [0, 0.1) is 0 Å². The first-order valence-corrected chi connectivity index (χ1v) is 7.24. The van der Waals surface area contributed by atoms with Crippen LogP contribution < -0.4 is 4.74 Å². The Kier molecular flexibility index (Phi) is 5.52. The average Bonchev–Trinajstić information content (AvgIpc) is 2.50. The number of carboxylic acids is 1. The number of rotatable bonds is 6. The van der Waals surface area contributed by atoms with Crippen molar-refractivity contribution in [1.82, 2.24) is 9.88 Å². The summed E-state index contributed by atoms with van der Waals surface area (Å²) in [6.07, 6.45) is 3.51. The van der Waals surface area contributed by atoms with Gasteiger partial charge in [0.25, 0.3) is 0 Å². The fourth-order valence-electron chi connectivity index (χ4n) is 2.72. The van der Waals surface area contributed by atoms with Gasteiger partial charge in [-0.05, 0) is 31.9 Å². The third kappa shape index (κ3) is 3.71. The number of hydrogen-bond donors (Lipinski definition) is 1. The monoisotopic (exact) mass is 294 g/mol. The number of piperidine rings is 1. The highest BCUT2D eigenvalue weighted by Gasteiger charge is 2.33. The number of nitrogens with zero attached hydrogens (tertiary/aromatic N) is 2. The van der Waals surface area contributed by atoms with Gasteiger partial charge in [0.15, 0.2) is 0 Å². The van der Waals surface area contributed by atoms with Crippen LogP contribution in [0.15, 0.2) is 18.3 Å². The quantitative estimate of drug-likeness (QED) is 0.861. The molecule has 0 saturated carbocycles. The minimum atomic E-state index is -0.875. The first kappa shape index (κ1) is 15.7. The summed E-state index contributed by atoms with van der Waals surface area (Å²) in [4.78, 5) is 17.9. The molecular formula is C15H22N2O4. The molecule has 0 aliphatic carbocycles. The molecule has 21 heavy (non-hydrogen) atoms. The summed E-state index contributed by atoms with van der Waals surface area (Å²) in [6, 6.07) is 2.80. The molecule has 1 aromatic heterocycles. The summed E-state index contributed by atoms with van der Waals surface area (Å²) in [7, 11) is 1.70. The van der Waals surface area contributed by atoms with Crippen molar-refractivity contribution in [3.05, 3.63) is 23.9 Å². The van der Waals surface area contributed by atoms with Gasteiger partial charge in [0, 0.05) is 32.0 Å². The first-order chi connectivity index (χ1) is 10.2. The lowest BCUT2D eigenvalue weighted by Crippen LogP contribution is -2.42. The molecule has 6 heteroatoms. The SMILES string of the molecule is CCOc1ncccc1[C@@H](C(=O)O)N1CCC(OC)CC1. The standard InChI is InChI=1S/C15H22N2O4/c1-3-21-14-12(5-4-8-16-14)13(15(18)19)17-9-6-11(20-2)7-10-17/h4-5,8,11,13H,3,6-7,9-10H2,1-2H3,(H,18,19)/t13-/m0/s1. The smallest absolute Gasteiger partial charge is 0.325 e. The Hall–Kier alpha value is -1.66. The molecule has 1 saturated heterocycles. The van der Waals surface area contributed by atoms with Gasteiger partial charge in [-0.1, -0.05) is 0 Å². The lowest BCUT2D eigenvalue weighted by atomic mass is 10.0. The first-order valence-electron chi connectivity index (χ1n) is 7.24. The minimum Gasteiger partial charge on any atom is -0.480 e. The van der Waals surface area contributed by atoms with E-state index in [0.717, 1.165) is 12.8 Å². The number of likely N-dealkylation sites (tertiary alicyclic amines) is 1. The summed E-state index contributed by atoms with van der Waals surface area (Å²) in [6.45, 7) is 3.70. The van der Waals surface area contributed by atoms with Gasteiger partial charge in [-0.15, -0.1) is 0 Å². The van der Waals surface area contributed by atoms with Crippen molar-refractivity contribution in [3.63, 3.8) is 0 Å². The maximum Gasteiger partial charge on any atom is 0.325 e. The van der Waals surface area contributed by atoms with Crippen LogP contribution in [0.2, 0.25) is 0 Å². The number of carboxylic acid groups (broad SMARTS) is 1. The third-order valence-electron chi connectivity index (χ3n) is 3.79. The zero-order chi connectivity index (χ0) is 15.2. The van der Waals surface area contributed by atoms with E-state index in [-0.39, 0.29) is 6.10 Å². The fourth-order valence-corrected chi connectivity index (χ4v) is 2.72. The predicted molar refractivity (Wildman–Crippen MR) is 77.4 cm³/mol. The van der Waals surface area contributed by atoms with E-state index < -0.39 is 12.0 Å². The van der Waals surface area contributed by atoms with Crippen molar-refractivity contribution >= 4 is 5.97 Å². The minimum absolute atomic E-state index is 0.218. The second-order valence-corrected chi connectivity index (χ2v) is 5.04. The molecule has 2 rings (SSSR count). The van der Waals surface area contributed by atoms with E-state index in [9.17, 15) is 9.90 Å². The van der Waals surface area contributed by atoms with Crippen molar-refractivity contribution in [3.8, 4) is 5.88 Å². The number of carbonyl (C=O) groups is 1. The molecule has 0 unspecified atom stereocenters. The molecule has 1 aliphatic heterocycles. The number of aliphatic carboxylic acids is 1. The Morgan fingerprint density at radius 1 is 1.52 bits per heavy atom. The predicted octanol–water partition coefficient (Wildman–Crippen LogP) is 1.72. The molecule has 1 atom stereocenters. The van der Waals surface area contributed by atoms with Gasteiger partial charge in [-0.25, -0.2) is 4.98 Å². The Balaban J connectivity index is 2.22. The Morgan fingerprint density at radius 2 is 2.24 bits per heavy atom. The van der Waals surface area contributed by atoms with Gasteiger partial charge in [0.1, 0.15) is 6.04 Å². The molecular weight excluding hydrogens is 272 g/mol. The van der Waals surface area contributed by atoms with Gasteiger partial charge >= 0.3 is 5.97 Å². The van der Waals surface area contributed by atoms with Crippen LogP contribution in [-0.4, -0.2) is 53.9 Å². The van der Waals surface area contributed by atoms with Gasteiger partial charge in [0.05, 0.1) is 12.7 Å². The Bertz CT molecular complexity index is 472. The topological polar surface area (TPSA) is 71.9 Å². The molecule has 1 aromatic rings. The summed E-state index contributed by atoms with van der Waals surface area (Å²) in [5.74, 6) is -0.471. The molecule has 1 N–H and O–H groups in total. The number of aromatic nitrogens is 1. The molecule has 1 aliphatic rings. The van der Waals surface area contributed by atoms with Gasteiger partial charge in [-0.3, -0.25) is 9.69 Å². The van der Waals surface area contributed by atoms with Gasteiger partial charge in [-0.2, -0.15) is 0 Å². The molecule has 0 amide bonds. The summed E-state index contributed by atoms with van der Waals surface area (Å²) < 4.78 is 10.8. The van der Waals surface area contributed by atoms with Crippen molar-refractivity contribution < 1.29 is 19.4 Å². The van der Waals surface area contributed by atoms with E-state index in [1.54, 1.807) is 25.4 Å². The molecule has 1 fully saturated rings. The molecule has 6 nitrogen and oxygen atoms in total. The van der Waals surface area contributed by atoms with E-state index in [2.05, 4.69) is 4.98 Å². The zero-order valence-corrected chi connectivity index (χ0v) is 12.5. The summed E-state index contributed by atoms with van der Waals surface area (Å²) in [5, 5.41) is 9.64. The van der Waals surface area contributed by atoms with E-state index in [1.165, 1.54) is 0 Å². The Labute approximate surface area is 124 Å². The number of ether oxygens (including phenoxy) is 2. The van der Waals surface area contributed by atoms with Crippen LogP contribution in [0.1, 0.15) is 31.4 Å². The second kappa shape index (κ2) is 7.38. The maximum atomic E-state index is 11.8. The van der Waals surface area contributed by atoms with Crippen LogP contribution in [0.5, 0.6) is 5.88 Å². The Morgan fingerprint density at radius 3 is 2.81 bits per heavy atom. The largest absolute Gasteiger partial charge is 0.480 e. The molecule has 116 valence electrons. The van der Waals surface area contributed by atoms with Crippen molar-refractivity contribution in [1.29, 1.82) is 0 Å². The normalized spacial score (nSPS) is 18.4. The van der Waals surface area contributed by atoms with Gasteiger partial charge in [0.2, 0.25) is 5.88 Å². The second-order valence-electron chi connectivity index (χ2n) is 5.04. The third-order valence-corrected chi connectivity index (χ3v) is 3.79. The molecule has 2 heterocycles. The molecule has 0 spiro atoms. The van der Waals surface area contributed by atoms with Crippen molar-refractivity contribution in [2.45, 2.75) is 31.9 Å². The maximum absolute atomic E-state index is 11.8. The summed E-state index contributed by atoms with van der Waals surface area (Å²) in [5.41, 5.74) is 0.614. The van der Waals surface area contributed by atoms with Crippen molar-refractivity contribution in [2.75, 3.05) is 26.8 Å². The van der Waals surface area contributed by atoms with Crippen LogP contribution in [0.25, 0.3) is 0 Å². The van der Waals surface area contributed by atoms with Crippen LogP contribution >= 0.6 is 0 Å². The van der Waals surface area contributed by atoms with E-state index in [4.69, 9.17) is 9.47 Å². The van der Waals surface area contributed by atoms with Crippen molar-refractivity contribution in [2.24, 2.45) is 0 Å². The molecule has 0 bridgehead atoms.